The van der Waals surface area contributed by atoms with Crippen LogP contribution in [0.15, 0.2) is 35.3 Å². The lowest BCUT2D eigenvalue weighted by Gasteiger charge is -2.21. The lowest BCUT2D eigenvalue weighted by molar-refractivity contribution is -0.127. The van der Waals surface area contributed by atoms with Crippen LogP contribution in [0.4, 0.5) is 0 Å². The second kappa shape index (κ2) is 10.3. The maximum Gasteiger partial charge on any atom is 0.243 e. The predicted octanol–water partition coefficient (Wildman–Crippen LogP) is 3.19. The van der Waals surface area contributed by atoms with Gasteiger partial charge in [0.1, 0.15) is 6.54 Å². The van der Waals surface area contributed by atoms with Crippen molar-refractivity contribution in [3.05, 3.63) is 35.9 Å². The van der Waals surface area contributed by atoms with Crippen molar-refractivity contribution in [2.45, 2.75) is 51.0 Å². The maximum absolute atomic E-state index is 11.9. The standard InChI is InChI=1S/C21H32N4O.HI/c1-25(2)19(26)15-22-20(24-18-10-6-7-11-18)23-16-21(12-13-21)14-17-8-4-3-5-9-17;/h3-5,8-9,18H,6-7,10-16H2,1-2H3,(H2,22,23,24);1H. The summed E-state index contributed by atoms with van der Waals surface area (Å²) in [6.45, 7) is 1.11. The molecule has 3 rings (SSSR count). The number of benzene rings is 1. The van der Waals surface area contributed by atoms with Gasteiger partial charge in [-0.15, -0.1) is 24.0 Å². The summed E-state index contributed by atoms with van der Waals surface area (Å²) in [5.74, 6) is 0.828. The van der Waals surface area contributed by atoms with E-state index in [2.05, 4.69) is 46.0 Å². The third kappa shape index (κ3) is 6.97. The van der Waals surface area contributed by atoms with E-state index in [1.54, 1.807) is 19.0 Å². The van der Waals surface area contributed by atoms with Crippen LogP contribution in [0.25, 0.3) is 0 Å². The molecule has 2 N–H and O–H groups in total. The molecule has 0 unspecified atom stereocenters. The number of aliphatic imine (C=N–C) groups is 1. The fourth-order valence-electron chi connectivity index (χ4n) is 3.60. The van der Waals surface area contributed by atoms with Crippen molar-refractivity contribution in [2.24, 2.45) is 10.4 Å². The van der Waals surface area contributed by atoms with E-state index >= 15 is 0 Å². The first-order chi connectivity index (χ1) is 12.6. The second-order valence-corrected chi connectivity index (χ2v) is 8.09. The number of carbonyl (C=O) groups is 1. The van der Waals surface area contributed by atoms with Gasteiger partial charge in [-0.1, -0.05) is 43.2 Å². The summed E-state index contributed by atoms with van der Waals surface area (Å²) < 4.78 is 0. The van der Waals surface area contributed by atoms with Crippen molar-refractivity contribution in [3.63, 3.8) is 0 Å². The Balaban J connectivity index is 0.00000261. The zero-order valence-corrected chi connectivity index (χ0v) is 18.9. The monoisotopic (exact) mass is 484 g/mol. The molecule has 0 bridgehead atoms. The van der Waals surface area contributed by atoms with Crippen LogP contribution in [0.3, 0.4) is 0 Å². The fourth-order valence-corrected chi connectivity index (χ4v) is 3.60. The molecule has 6 heteroatoms. The molecule has 0 aromatic heterocycles. The third-order valence-electron chi connectivity index (χ3n) is 5.58. The first-order valence-corrected chi connectivity index (χ1v) is 9.85. The molecular weight excluding hydrogens is 451 g/mol. The van der Waals surface area contributed by atoms with Crippen molar-refractivity contribution in [1.29, 1.82) is 0 Å². The minimum absolute atomic E-state index is 0. The van der Waals surface area contributed by atoms with Gasteiger partial charge in [0.2, 0.25) is 5.91 Å². The van der Waals surface area contributed by atoms with Gasteiger partial charge in [-0.05, 0) is 43.1 Å². The normalized spacial score (nSPS) is 18.5. The summed E-state index contributed by atoms with van der Waals surface area (Å²) in [7, 11) is 3.54. The number of hydrogen-bond donors (Lipinski definition) is 2. The Labute approximate surface area is 180 Å². The average Bonchev–Trinajstić information content (AvgIpc) is 3.20. The molecule has 0 spiro atoms. The number of halogens is 1. The van der Waals surface area contributed by atoms with Crippen LogP contribution in [0.1, 0.15) is 44.1 Å². The molecule has 1 amide bonds. The third-order valence-corrected chi connectivity index (χ3v) is 5.58. The molecule has 1 aromatic rings. The van der Waals surface area contributed by atoms with E-state index < -0.39 is 0 Å². The summed E-state index contributed by atoms with van der Waals surface area (Å²) in [5.41, 5.74) is 1.74. The van der Waals surface area contributed by atoms with Crippen LogP contribution >= 0.6 is 24.0 Å². The first-order valence-electron chi connectivity index (χ1n) is 9.85. The van der Waals surface area contributed by atoms with Crippen LogP contribution in [0.2, 0.25) is 0 Å². The Kier molecular flexibility index (Phi) is 8.38. The number of rotatable bonds is 7. The van der Waals surface area contributed by atoms with Crippen LogP contribution in [-0.4, -0.2) is 50.0 Å². The fraction of sp³-hybridized carbons (Fsp3) is 0.619. The second-order valence-electron chi connectivity index (χ2n) is 8.09. The summed E-state index contributed by atoms with van der Waals surface area (Å²) in [5, 5.41) is 7.07. The molecule has 5 nitrogen and oxygen atoms in total. The van der Waals surface area contributed by atoms with E-state index in [1.165, 1.54) is 44.1 Å². The summed E-state index contributed by atoms with van der Waals surface area (Å²) in [6, 6.07) is 11.2. The molecule has 0 aliphatic heterocycles. The largest absolute Gasteiger partial charge is 0.356 e. The Hall–Kier alpha value is -1.31. The van der Waals surface area contributed by atoms with Crippen LogP contribution < -0.4 is 10.6 Å². The molecule has 0 radical (unpaired) electrons. The quantitative estimate of drug-likeness (QED) is 0.355. The molecule has 0 heterocycles. The van der Waals surface area contributed by atoms with Gasteiger partial charge >= 0.3 is 0 Å². The zero-order valence-electron chi connectivity index (χ0n) is 16.5. The molecule has 27 heavy (non-hydrogen) atoms. The Morgan fingerprint density at radius 1 is 1.19 bits per heavy atom. The maximum atomic E-state index is 11.9. The minimum atomic E-state index is 0. The zero-order chi connectivity index (χ0) is 18.4. The molecule has 2 aliphatic carbocycles. The molecule has 1 aromatic carbocycles. The highest BCUT2D eigenvalue weighted by atomic mass is 127. The number of carbonyl (C=O) groups excluding carboxylic acids is 1. The number of nitrogens with zero attached hydrogens (tertiary/aromatic N) is 2. The summed E-state index contributed by atoms with van der Waals surface area (Å²) >= 11 is 0. The van der Waals surface area contributed by atoms with E-state index in [9.17, 15) is 4.79 Å². The van der Waals surface area contributed by atoms with Crippen molar-refractivity contribution >= 4 is 35.8 Å². The molecule has 0 saturated heterocycles. The van der Waals surface area contributed by atoms with E-state index in [0.29, 0.717) is 11.5 Å². The Bertz CT molecular complexity index is 622. The van der Waals surface area contributed by atoms with Crippen LogP contribution in [-0.2, 0) is 11.2 Å². The number of amides is 1. The Morgan fingerprint density at radius 2 is 1.85 bits per heavy atom. The predicted molar refractivity (Wildman–Crippen MR) is 122 cm³/mol. The molecule has 0 atom stereocenters. The number of likely N-dealkylation sites (N-methyl/N-ethyl adjacent to an activating group) is 1. The highest BCUT2D eigenvalue weighted by molar-refractivity contribution is 14.0. The van der Waals surface area contributed by atoms with Gasteiger partial charge in [0, 0.05) is 26.7 Å². The SMILES string of the molecule is CN(C)C(=O)CN=C(NCC1(Cc2ccccc2)CC1)NC1CCCC1.I. The molecular formula is C21H33IN4O. The highest BCUT2D eigenvalue weighted by Gasteiger charge is 2.42. The topological polar surface area (TPSA) is 56.7 Å². The Morgan fingerprint density at radius 3 is 2.44 bits per heavy atom. The molecule has 2 fully saturated rings. The number of nitrogens with one attached hydrogen (secondary N) is 2. The van der Waals surface area contributed by atoms with Crippen molar-refractivity contribution in [2.75, 3.05) is 27.2 Å². The van der Waals surface area contributed by atoms with E-state index in [1.807, 2.05) is 0 Å². The van der Waals surface area contributed by atoms with Crippen LogP contribution in [0, 0.1) is 5.41 Å². The van der Waals surface area contributed by atoms with Crippen LogP contribution in [0.5, 0.6) is 0 Å². The van der Waals surface area contributed by atoms with Crippen molar-refractivity contribution in [3.8, 4) is 0 Å². The van der Waals surface area contributed by atoms with E-state index in [4.69, 9.17) is 0 Å². The lowest BCUT2D eigenvalue weighted by Crippen LogP contribution is -2.45. The lowest BCUT2D eigenvalue weighted by atomic mass is 9.96. The van der Waals surface area contributed by atoms with Gasteiger partial charge < -0.3 is 15.5 Å². The number of guanidine groups is 1. The molecule has 2 saturated carbocycles. The van der Waals surface area contributed by atoms with Gasteiger partial charge in [0.05, 0.1) is 0 Å². The van der Waals surface area contributed by atoms with Gasteiger partial charge in [-0.3, -0.25) is 4.79 Å². The smallest absolute Gasteiger partial charge is 0.243 e. The summed E-state index contributed by atoms with van der Waals surface area (Å²) in [6.07, 6.45) is 8.55. The molecule has 2 aliphatic rings. The number of hydrogen-bond acceptors (Lipinski definition) is 2. The van der Waals surface area contributed by atoms with Gasteiger partial charge in [-0.25, -0.2) is 4.99 Å². The first kappa shape index (κ1) is 22.0. The average molecular weight is 484 g/mol. The highest BCUT2D eigenvalue weighted by Crippen LogP contribution is 2.47. The van der Waals surface area contributed by atoms with E-state index in [-0.39, 0.29) is 36.4 Å². The van der Waals surface area contributed by atoms with Gasteiger partial charge in [0.15, 0.2) is 5.96 Å². The van der Waals surface area contributed by atoms with Gasteiger partial charge in [0.25, 0.3) is 0 Å². The molecule has 150 valence electrons. The van der Waals surface area contributed by atoms with E-state index in [0.717, 1.165) is 18.9 Å². The van der Waals surface area contributed by atoms with Crippen molar-refractivity contribution < 1.29 is 4.79 Å². The van der Waals surface area contributed by atoms with Gasteiger partial charge in [-0.2, -0.15) is 0 Å². The summed E-state index contributed by atoms with van der Waals surface area (Å²) in [4.78, 5) is 18.0. The van der Waals surface area contributed by atoms with Crippen molar-refractivity contribution in [1.82, 2.24) is 15.5 Å². The minimum Gasteiger partial charge on any atom is -0.356 e.